The van der Waals surface area contributed by atoms with Crippen LogP contribution < -0.4 is 0 Å². The van der Waals surface area contributed by atoms with Gasteiger partial charge >= 0.3 is 0 Å². The van der Waals surface area contributed by atoms with E-state index in [2.05, 4.69) is 19.1 Å². The first-order valence-electron chi connectivity index (χ1n) is 4.43. The topological polar surface area (TPSA) is 0 Å². The van der Waals surface area contributed by atoms with E-state index in [1.807, 2.05) is 0 Å². The summed E-state index contributed by atoms with van der Waals surface area (Å²) in [5.74, 6) is 0. The molecule has 0 aliphatic carbocycles. The van der Waals surface area contributed by atoms with E-state index in [1.165, 1.54) is 0 Å². The molecule has 0 aromatic carbocycles. The summed E-state index contributed by atoms with van der Waals surface area (Å²) < 4.78 is 23.0. The number of rotatable bonds is 6. The number of allylic oxidation sites excluding steroid dienone is 3. The Kier molecular flexibility index (Phi) is 7.97. The van der Waals surface area contributed by atoms with Crippen LogP contribution in [0.3, 0.4) is 0 Å². The van der Waals surface area contributed by atoms with Crippen molar-refractivity contribution < 1.29 is 8.78 Å². The molecule has 0 saturated carbocycles. The molecule has 2 heteroatoms. The minimum absolute atomic E-state index is 0.485. The van der Waals surface area contributed by atoms with Crippen molar-refractivity contribution in [3.63, 3.8) is 0 Å². The van der Waals surface area contributed by atoms with Gasteiger partial charge in [-0.2, -0.15) is 8.78 Å². The quantitative estimate of drug-likeness (QED) is 0.416. The van der Waals surface area contributed by atoms with Gasteiger partial charge in [-0.3, -0.25) is 0 Å². The zero-order valence-electron chi connectivity index (χ0n) is 7.52. The average molecular weight is 174 g/mol. The molecule has 70 valence electrons. The lowest BCUT2D eigenvalue weighted by atomic mass is 10.2. The molecule has 0 aliphatic heterocycles. The van der Waals surface area contributed by atoms with Crippen LogP contribution in [0.4, 0.5) is 8.78 Å². The van der Waals surface area contributed by atoms with Crippen LogP contribution >= 0.6 is 0 Å². The molecule has 12 heavy (non-hydrogen) atoms. The number of halogens is 2. The van der Waals surface area contributed by atoms with E-state index < -0.39 is 6.08 Å². The molecule has 0 radical (unpaired) electrons. The normalized spacial score (nSPS) is 10.6. The van der Waals surface area contributed by atoms with Crippen molar-refractivity contribution in [1.29, 1.82) is 0 Å². The predicted molar refractivity (Wildman–Crippen MR) is 48.2 cm³/mol. The van der Waals surface area contributed by atoms with Gasteiger partial charge in [-0.25, -0.2) is 0 Å². The van der Waals surface area contributed by atoms with E-state index in [4.69, 9.17) is 0 Å². The van der Waals surface area contributed by atoms with Crippen LogP contribution in [0.15, 0.2) is 24.3 Å². The fourth-order valence-corrected chi connectivity index (χ4v) is 0.849. The lowest BCUT2D eigenvalue weighted by Crippen LogP contribution is -1.70. The van der Waals surface area contributed by atoms with Gasteiger partial charge in [0.25, 0.3) is 6.08 Å². The minimum Gasteiger partial charge on any atom is -0.174 e. The molecule has 0 saturated heterocycles. The first kappa shape index (κ1) is 11.3. The van der Waals surface area contributed by atoms with Gasteiger partial charge in [0.15, 0.2) is 0 Å². The predicted octanol–water partition coefficient (Wildman–Crippen LogP) is 4.29. The van der Waals surface area contributed by atoms with Crippen molar-refractivity contribution in [1.82, 2.24) is 0 Å². The molecular weight excluding hydrogens is 158 g/mol. The first-order valence-corrected chi connectivity index (χ1v) is 4.43. The minimum atomic E-state index is -1.56. The Morgan fingerprint density at radius 3 is 2.33 bits per heavy atom. The van der Waals surface area contributed by atoms with E-state index in [9.17, 15) is 8.78 Å². The molecule has 0 nitrogen and oxygen atoms in total. The van der Waals surface area contributed by atoms with Crippen LogP contribution in [-0.4, -0.2) is 0 Å². The lowest BCUT2D eigenvalue weighted by molar-refractivity contribution is 0.417. The van der Waals surface area contributed by atoms with Crippen molar-refractivity contribution >= 4 is 0 Å². The summed E-state index contributed by atoms with van der Waals surface area (Å²) >= 11 is 0. The molecule has 0 aliphatic rings. The molecule has 0 fully saturated rings. The fraction of sp³-hybridized carbons (Fsp3) is 0.600. The second kappa shape index (κ2) is 8.44. The Morgan fingerprint density at radius 1 is 1.08 bits per heavy atom. The standard InChI is InChI=1S/C10H16F2/c1-2-3-4-5-6-7-8-9-10(11)12/h4-5,9H,2-3,6-8H2,1H3/b5-4+. The summed E-state index contributed by atoms with van der Waals surface area (Å²) in [4.78, 5) is 0. The van der Waals surface area contributed by atoms with Gasteiger partial charge in [0.1, 0.15) is 0 Å². The molecule has 0 aromatic rings. The van der Waals surface area contributed by atoms with Crippen molar-refractivity contribution in [2.45, 2.75) is 39.0 Å². The summed E-state index contributed by atoms with van der Waals surface area (Å²) in [7, 11) is 0. The fourth-order valence-electron chi connectivity index (χ4n) is 0.849. The molecule has 0 heterocycles. The van der Waals surface area contributed by atoms with Crippen LogP contribution in [0, 0.1) is 0 Å². The third-order valence-corrected chi connectivity index (χ3v) is 1.50. The Balaban J connectivity index is 3.16. The van der Waals surface area contributed by atoms with Gasteiger partial charge in [-0.15, -0.1) is 0 Å². The van der Waals surface area contributed by atoms with Crippen LogP contribution in [0.2, 0.25) is 0 Å². The van der Waals surface area contributed by atoms with Crippen molar-refractivity contribution in [3.8, 4) is 0 Å². The van der Waals surface area contributed by atoms with Crippen molar-refractivity contribution in [2.24, 2.45) is 0 Å². The van der Waals surface area contributed by atoms with Crippen molar-refractivity contribution in [2.75, 3.05) is 0 Å². The summed E-state index contributed by atoms with van der Waals surface area (Å²) in [5, 5.41) is 0. The van der Waals surface area contributed by atoms with Crippen LogP contribution in [0.5, 0.6) is 0 Å². The summed E-state index contributed by atoms with van der Waals surface area (Å²) in [6.07, 6.45) is 8.03. The summed E-state index contributed by atoms with van der Waals surface area (Å²) in [6, 6.07) is 0. The van der Waals surface area contributed by atoms with Gasteiger partial charge in [0, 0.05) is 0 Å². The monoisotopic (exact) mass is 174 g/mol. The van der Waals surface area contributed by atoms with E-state index in [1.54, 1.807) is 0 Å². The Morgan fingerprint density at radius 2 is 1.75 bits per heavy atom. The third kappa shape index (κ3) is 9.34. The first-order chi connectivity index (χ1) is 5.77. The maximum absolute atomic E-state index is 11.5. The summed E-state index contributed by atoms with van der Waals surface area (Å²) in [6.45, 7) is 2.12. The highest BCUT2D eigenvalue weighted by molar-refractivity contribution is 4.84. The number of hydrogen-bond acceptors (Lipinski definition) is 0. The van der Waals surface area contributed by atoms with Gasteiger partial charge < -0.3 is 0 Å². The van der Waals surface area contributed by atoms with Crippen molar-refractivity contribution in [3.05, 3.63) is 24.3 Å². The molecule has 0 aromatic heterocycles. The average Bonchev–Trinajstić information content (AvgIpc) is 2.02. The Hall–Kier alpha value is -0.660. The molecule has 0 rings (SSSR count). The maximum Gasteiger partial charge on any atom is 0.266 e. The van der Waals surface area contributed by atoms with Gasteiger partial charge in [-0.1, -0.05) is 25.5 Å². The molecule has 0 unspecified atom stereocenters. The Bertz CT molecular complexity index is 144. The van der Waals surface area contributed by atoms with Crippen LogP contribution in [0.25, 0.3) is 0 Å². The Labute approximate surface area is 73.0 Å². The zero-order chi connectivity index (χ0) is 9.23. The van der Waals surface area contributed by atoms with E-state index in [0.717, 1.165) is 31.8 Å². The van der Waals surface area contributed by atoms with Gasteiger partial charge in [-0.05, 0) is 31.8 Å². The number of unbranched alkanes of at least 4 members (excludes halogenated alkanes) is 3. The van der Waals surface area contributed by atoms with Crippen LogP contribution in [-0.2, 0) is 0 Å². The SMILES string of the molecule is CCC/C=C/CCCC=C(F)F. The second-order valence-corrected chi connectivity index (χ2v) is 2.68. The third-order valence-electron chi connectivity index (χ3n) is 1.50. The highest BCUT2D eigenvalue weighted by atomic mass is 19.3. The van der Waals surface area contributed by atoms with Gasteiger partial charge in [0.05, 0.1) is 0 Å². The highest BCUT2D eigenvalue weighted by Gasteiger charge is 1.86. The second-order valence-electron chi connectivity index (χ2n) is 2.68. The smallest absolute Gasteiger partial charge is 0.174 e. The number of hydrogen-bond donors (Lipinski definition) is 0. The molecule has 0 N–H and O–H groups in total. The molecule has 0 amide bonds. The van der Waals surface area contributed by atoms with Gasteiger partial charge in [0.2, 0.25) is 0 Å². The largest absolute Gasteiger partial charge is 0.266 e. The molecule has 0 atom stereocenters. The molecular formula is C10H16F2. The zero-order valence-corrected chi connectivity index (χ0v) is 7.52. The van der Waals surface area contributed by atoms with E-state index in [-0.39, 0.29) is 0 Å². The molecule has 0 spiro atoms. The summed E-state index contributed by atoms with van der Waals surface area (Å²) in [5.41, 5.74) is 0. The highest BCUT2D eigenvalue weighted by Crippen LogP contribution is 2.04. The maximum atomic E-state index is 11.5. The van der Waals surface area contributed by atoms with Crippen LogP contribution in [0.1, 0.15) is 39.0 Å². The van der Waals surface area contributed by atoms with E-state index in [0.29, 0.717) is 6.42 Å². The lowest BCUT2D eigenvalue weighted by Gasteiger charge is -1.89. The van der Waals surface area contributed by atoms with E-state index >= 15 is 0 Å². The molecule has 0 bridgehead atoms.